The Hall–Kier alpha value is -2.93. The third-order valence-electron chi connectivity index (χ3n) is 7.73. The fourth-order valence-electron chi connectivity index (χ4n) is 5.97. The van der Waals surface area contributed by atoms with Crippen molar-refractivity contribution in [2.24, 2.45) is 11.8 Å². The lowest BCUT2D eigenvalue weighted by atomic mass is 10.0. The van der Waals surface area contributed by atoms with Gasteiger partial charge in [-0.2, -0.15) is 0 Å². The number of fused-ring (bicyclic) bond motifs is 3. The molecule has 0 saturated carbocycles. The Bertz CT molecular complexity index is 1410. The molecule has 7 rings (SSSR count). The van der Waals surface area contributed by atoms with Crippen LogP contribution in [0.15, 0.2) is 77.8 Å². The van der Waals surface area contributed by atoms with Gasteiger partial charge in [-0.15, -0.1) is 11.8 Å². The van der Waals surface area contributed by atoms with Gasteiger partial charge in [-0.05, 0) is 66.4 Å². The SMILES string of the molecule is Fc1cc(CN2CC3CNCC3C2)ccc1-c1ccc2c(N3CSc4ccccc43)ccnc2c1. The Kier molecular flexibility index (Phi) is 5.26. The molecular weight excluding hydrogens is 455 g/mol. The minimum absolute atomic E-state index is 0.163. The van der Waals surface area contributed by atoms with Gasteiger partial charge in [-0.25, -0.2) is 4.39 Å². The van der Waals surface area contributed by atoms with Crippen LogP contribution in [0.3, 0.4) is 0 Å². The van der Waals surface area contributed by atoms with Gasteiger partial charge in [0.2, 0.25) is 0 Å². The highest BCUT2D eigenvalue weighted by Gasteiger charge is 2.35. The smallest absolute Gasteiger partial charge is 0.131 e. The summed E-state index contributed by atoms with van der Waals surface area (Å²) in [5, 5.41) is 4.57. The van der Waals surface area contributed by atoms with Crippen molar-refractivity contribution in [3.63, 3.8) is 0 Å². The van der Waals surface area contributed by atoms with E-state index >= 15 is 4.39 Å². The lowest BCUT2D eigenvalue weighted by Gasteiger charge is -2.20. The van der Waals surface area contributed by atoms with E-state index in [0.717, 1.165) is 78.2 Å². The first-order valence-corrected chi connectivity index (χ1v) is 13.3. The molecule has 4 heterocycles. The van der Waals surface area contributed by atoms with Crippen LogP contribution in [0.25, 0.3) is 22.0 Å². The predicted octanol–water partition coefficient (Wildman–Crippen LogP) is 5.89. The topological polar surface area (TPSA) is 31.4 Å². The summed E-state index contributed by atoms with van der Waals surface area (Å²) in [6.07, 6.45) is 1.85. The number of halogens is 1. The molecule has 176 valence electrons. The summed E-state index contributed by atoms with van der Waals surface area (Å²) in [4.78, 5) is 10.7. The zero-order valence-electron chi connectivity index (χ0n) is 19.5. The zero-order valence-corrected chi connectivity index (χ0v) is 20.3. The second-order valence-electron chi connectivity index (χ2n) is 9.92. The normalized spacial score (nSPS) is 21.6. The molecule has 3 aliphatic rings. The lowest BCUT2D eigenvalue weighted by molar-refractivity contribution is 0.305. The van der Waals surface area contributed by atoms with Crippen LogP contribution in [0.2, 0.25) is 0 Å². The molecule has 0 aliphatic carbocycles. The first-order valence-electron chi connectivity index (χ1n) is 12.3. The summed E-state index contributed by atoms with van der Waals surface area (Å²) < 4.78 is 15.3. The van der Waals surface area contributed by atoms with E-state index < -0.39 is 0 Å². The van der Waals surface area contributed by atoms with Gasteiger partial charge in [-0.3, -0.25) is 9.88 Å². The lowest BCUT2D eigenvalue weighted by Crippen LogP contribution is -2.25. The van der Waals surface area contributed by atoms with E-state index in [1.807, 2.05) is 36.2 Å². The van der Waals surface area contributed by atoms with Crippen molar-refractivity contribution in [2.75, 3.05) is 37.0 Å². The number of nitrogens with one attached hydrogen (secondary N) is 1. The molecular formula is C29H27FN4S. The maximum absolute atomic E-state index is 15.3. The van der Waals surface area contributed by atoms with Crippen LogP contribution >= 0.6 is 11.8 Å². The number of likely N-dealkylation sites (tertiary alicyclic amines) is 1. The molecule has 0 spiro atoms. The molecule has 2 unspecified atom stereocenters. The highest BCUT2D eigenvalue weighted by atomic mass is 32.2. The summed E-state index contributed by atoms with van der Waals surface area (Å²) >= 11 is 1.85. The fourth-order valence-corrected chi connectivity index (χ4v) is 7.02. The summed E-state index contributed by atoms with van der Waals surface area (Å²) in [5.41, 5.74) is 5.80. The Balaban J connectivity index is 1.16. The molecule has 3 aliphatic heterocycles. The van der Waals surface area contributed by atoms with E-state index in [9.17, 15) is 0 Å². The van der Waals surface area contributed by atoms with Crippen LogP contribution in [0.1, 0.15) is 5.56 Å². The molecule has 2 atom stereocenters. The number of pyridine rings is 1. The number of hydrogen-bond donors (Lipinski definition) is 1. The molecule has 3 aromatic carbocycles. The van der Waals surface area contributed by atoms with Crippen molar-refractivity contribution in [3.8, 4) is 11.1 Å². The van der Waals surface area contributed by atoms with E-state index in [1.165, 1.54) is 10.6 Å². The van der Waals surface area contributed by atoms with Gasteiger partial charge in [0, 0.05) is 41.7 Å². The highest BCUT2D eigenvalue weighted by molar-refractivity contribution is 7.99. The van der Waals surface area contributed by atoms with Gasteiger partial charge < -0.3 is 10.2 Å². The minimum Gasteiger partial charge on any atom is -0.330 e. The van der Waals surface area contributed by atoms with Crippen LogP contribution in [0.4, 0.5) is 15.8 Å². The maximum atomic E-state index is 15.3. The van der Waals surface area contributed by atoms with Gasteiger partial charge in [-0.1, -0.05) is 36.4 Å². The molecule has 6 heteroatoms. The van der Waals surface area contributed by atoms with E-state index in [1.54, 1.807) is 6.07 Å². The summed E-state index contributed by atoms with van der Waals surface area (Å²) in [6.45, 7) is 5.28. The maximum Gasteiger partial charge on any atom is 0.131 e. The van der Waals surface area contributed by atoms with Crippen LogP contribution in [-0.2, 0) is 6.54 Å². The van der Waals surface area contributed by atoms with Gasteiger partial charge in [0.15, 0.2) is 0 Å². The van der Waals surface area contributed by atoms with Crippen molar-refractivity contribution in [3.05, 3.63) is 84.3 Å². The van der Waals surface area contributed by atoms with Gasteiger partial charge in [0.25, 0.3) is 0 Å². The van der Waals surface area contributed by atoms with Crippen molar-refractivity contribution in [1.82, 2.24) is 15.2 Å². The average molecular weight is 483 g/mol. The molecule has 0 amide bonds. The average Bonchev–Trinajstić information content (AvgIpc) is 3.59. The zero-order chi connectivity index (χ0) is 23.4. The Morgan fingerprint density at radius 2 is 1.80 bits per heavy atom. The minimum atomic E-state index is -0.163. The third kappa shape index (κ3) is 3.80. The number of hydrogen-bond acceptors (Lipinski definition) is 5. The monoisotopic (exact) mass is 482 g/mol. The van der Waals surface area contributed by atoms with E-state index in [4.69, 9.17) is 0 Å². The van der Waals surface area contributed by atoms with Gasteiger partial charge >= 0.3 is 0 Å². The first kappa shape index (κ1) is 21.4. The van der Waals surface area contributed by atoms with Crippen molar-refractivity contribution < 1.29 is 4.39 Å². The van der Waals surface area contributed by atoms with Crippen molar-refractivity contribution in [2.45, 2.75) is 11.4 Å². The molecule has 2 fully saturated rings. The second-order valence-corrected chi connectivity index (χ2v) is 10.9. The molecule has 2 saturated heterocycles. The summed E-state index contributed by atoms with van der Waals surface area (Å²) in [5.74, 6) is 2.22. The Morgan fingerprint density at radius 1 is 0.943 bits per heavy atom. The number of nitrogens with zero attached hydrogens (tertiary/aromatic N) is 3. The quantitative estimate of drug-likeness (QED) is 0.392. The molecule has 1 aromatic heterocycles. The van der Waals surface area contributed by atoms with Gasteiger partial charge in [0.05, 0.1) is 22.8 Å². The summed E-state index contributed by atoms with van der Waals surface area (Å²) in [6, 6.07) is 22.4. The molecule has 4 aromatic rings. The van der Waals surface area contributed by atoms with Crippen molar-refractivity contribution in [1.29, 1.82) is 0 Å². The number of benzene rings is 3. The molecule has 35 heavy (non-hydrogen) atoms. The molecule has 0 bridgehead atoms. The second kappa shape index (κ2) is 8.63. The Morgan fingerprint density at radius 3 is 2.66 bits per heavy atom. The van der Waals surface area contributed by atoms with Crippen LogP contribution in [-0.4, -0.2) is 41.9 Å². The molecule has 1 N–H and O–H groups in total. The first-order chi connectivity index (χ1) is 17.2. The Labute approximate surface area is 209 Å². The molecule has 4 nitrogen and oxygen atoms in total. The predicted molar refractivity (Wildman–Crippen MR) is 142 cm³/mol. The molecule has 0 radical (unpaired) electrons. The van der Waals surface area contributed by atoms with Crippen LogP contribution < -0.4 is 10.2 Å². The fraction of sp³-hybridized carbons (Fsp3) is 0.276. The van der Waals surface area contributed by atoms with E-state index in [-0.39, 0.29) is 5.82 Å². The standard InChI is InChI=1S/C29H27FN4S/c30-25-11-19(15-33-16-21-13-31-14-22(21)17-33)5-7-23(25)20-6-8-24-26(12-20)32-10-9-27(24)34-18-35-29-4-2-1-3-28(29)34/h1-12,21-22,31H,13-18H2. The third-order valence-corrected chi connectivity index (χ3v) is 8.78. The van der Waals surface area contributed by atoms with Gasteiger partial charge in [0.1, 0.15) is 5.82 Å². The van der Waals surface area contributed by atoms with Crippen LogP contribution in [0.5, 0.6) is 0 Å². The number of para-hydroxylation sites is 1. The van der Waals surface area contributed by atoms with Crippen LogP contribution in [0, 0.1) is 17.7 Å². The van der Waals surface area contributed by atoms with Crippen molar-refractivity contribution >= 4 is 34.0 Å². The van der Waals surface area contributed by atoms with E-state index in [0.29, 0.717) is 5.56 Å². The number of anilines is 2. The van der Waals surface area contributed by atoms with E-state index in [2.05, 4.69) is 62.6 Å². The number of rotatable bonds is 4. The highest BCUT2D eigenvalue weighted by Crippen LogP contribution is 2.44. The summed E-state index contributed by atoms with van der Waals surface area (Å²) in [7, 11) is 0. The number of aromatic nitrogens is 1. The number of thioether (sulfide) groups is 1. The largest absolute Gasteiger partial charge is 0.330 e.